The highest BCUT2D eigenvalue weighted by Crippen LogP contribution is 2.28. The minimum atomic E-state index is -0.206. The summed E-state index contributed by atoms with van der Waals surface area (Å²) in [6.45, 7) is 2.52. The molecule has 0 atom stereocenters. The van der Waals surface area contributed by atoms with Crippen LogP contribution in [0.3, 0.4) is 0 Å². The second kappa shape index (κ2) is 11.8. The van der Waals surface area contributed by atoms with Gasteiger partial charge in [0.25, 0.3) is 5.91 Å². The number of carbonyl (C=O) groups excluding carboxylic acids is 1. The van der Waals surface area contributed by atoms with Gasteiger partial charge in [0.15, 0.2) is 4.34 Å². The van der Waals surface area contributed by atoms with Crippen LogP contribution in [0.25, 0.3) is 11.3 Å². The minimum absolute atomic E-state index is 0.206. The summed E-state index contributed by atoms with van der Waals surface area (Å²) >= 11 is 8.82. The van der Waals surface area contributed by atoms with Crippen molar-refractivity contribution in [3.63, 3.8) is 0 Å². The number of benzene rings is 3. The van der Waals surface area contributed by atoms with Crippen molar-refractivity contribution in [2.24, 2.45) is 5.10 Å². The Morgan fingerprint density at radius 2 is 1.88 bits per heavy atom. The van der Waals surface area contributed by atoms with Crippen molar-refractivity contribution in [2.45, 2.75) is 17.9 Å². The molecular weight excluding hydrogens is 486 g/mol. The average Bonchev–Trinajstić information content (AvgIpc) is 3.32. The molecule has 4 rings (SSSR count). The molecule has 1 amide bonds. The number of rotatable bonds is 9. The Hall–Kier alpha value is -3.13. The normalized spacial score (nSPS) is 11.0. The van der Waals surface area contributed by atoms with Crippen LogP contribution in [0.2, 0.25) is 5.02 Å². The molecule has 0 radical (unpaired) electrons. The third-order valence-electron chi connectivity index (χ3n) is 4.91. The van der Waals surface area contributed by atoms with Gasteiger partial charge in [-0.05, 0) is 42.3 Å². The number of hydrogen-bond donors (Lipinski definition) is 1. The van der Waals surface area contributed by atoms with Gasteiger partial charge in [-0.15, -0.1) is 11.3 Å². The number of thiazole rings is 1. The molecule has 1 aromatic heterocycles. The number of ether oxygens (including phenoxy) is 1. The smallest absolute Gasteiger partial charge is 0.250 e. The molecule has 34 heavy (non-hydrogen) atoms. The van der Waals surface area contributed by atoms with Gasteiger partial charge in [0.05, 0.1) is 17.7 Å². The number of hydrogen-bond acceptors (Lipinski definition) is 6. The molecule has 1 N–H and O–H groups in total. The number of halogens is 1. The number of nitrogens with one attached hydrogen (secondary N) is 1. The van der Waals surface area contributed by atoms with E-state index in [0.717, 1.165) is 26.7 Å². The Morgan fingerprint density at radius 1 is 1.12 bits per heavy atom. The molecule has 0 unspecified atom stereocenters. The summed E-state index contributed by atoms with van der Waals surface area (Å²) < 4.78 is 6.81. The lowest BCUT2D eigenvalue weighted by Crippen LogP contribution is -2.19. The zero-order valence-corrected chi connectivity index (χ0v) is 20.8. The first-order valence-corrected chi connectivity index (χ1v) is 12.8. The van der Waals surface area contributed by atoms with E-state index in [4.69, 9.17) is 16.3 Å². The molecule has 0 aliphatic rings. The number of nitrogens with zero attached hydrogens (tertiary/aromatic N) is 2. The predicted molar refractivity (Wildman–Crippen MR) is 141 cm³/mol. The fraction of sp³-hybridized carbons (Fsp3) is 0.115. The molecule has 5 nitrogen and oxygen atoms in total. The average molecular weight is 508 g/mol. The first kappa shape index (κ1) is 24.0. The molecule has 0 aliphatic carbocycles. The van der Waals surface area contributed by atoms with E-state index in [2.05, 4.69) is 28.5 Å². The van der Waals surface area contributed by atoms with Crippen molar-refractivity contribution < 1.29 is 9.53 Å². The standard InChI is InChI=1S/C26H22ClN3O2S2/c1-18-6-2-3-8-21(18)15-32-24-9-5-4-7-20(24)14-28-30-25(31)17-34-26-29-23(16-33-26)19-10-12-22(27)13-11-19/h2-14,16H,15,17H2,1H3,(H,30,31)/b28-14+. The van der Waals surface area contributed by atoms with E-state index in [1.807, 2.05) is 72.1 Å². The molecule has 172 valence electrons. The van der Waals surface area contributed by atoms with Crippen molar-refractivity contribution in [1.82, 2.24) is 10.4 Å². The van der Waals surface area contributed by atoms with Crippen molar-refractivity contribution in [1.29, 1.82) is 0 Å². The lowest BCUT2D eigenvalue weighted by Gasteiger charge is -2.10. The molecule has 4 aromatic rings. The summed E-state index contributed by atoms with van der Waals surface area (Å²) in [5.74, 6) is 0.717. The molecule has 0 bridgehead atoms. The molecule has 0 saturated carbocycles. The zero-order chi connectivity index (χ0) is 23.8. The molecular formula is C26H22ClN3O2S2. The largest absolute Gasteiger partial charge is 0.488 e. The molecule has 1 heterocycles. The summed E-state index contributed by atoms with van der Waals surface area (Å²) in [5.41, 5.74) is 7.52. The number of aromatic nitrogens is 1. The van der Waals surface area contributed by atoms with Gasteiger partial charge in [-0.1, -0.05) is 71.9 Å². The quantitative estimate of drug-likeness (QED) is 0.157. The van der Waals surface area contributed by atoms with Crippen LogP contribution in [-0.2, 0) is 11.4 Å². The third kappa shape index (κ3) is 6.70. The molecule has 0 spiro atoms. The van der Waals surface area contributed by atoms with E-state index in [0.29, 0.717) is 17.4 Å². The fourth-order valence-electron chi connectivity index (χ4n) is 3.06. The summed E-state index contributed by atoms with van der Waals surface area (Å²) in [4.78, 5) is 16.8. The Bertz CT molecular complexity index is 1290. The van der Waals surface area contributed by atoms with E-state index >= 15 is 0 Å². The van der Waals surface area contributed by atoms with Crippen LogP contribution < -0.4 is 10.2 Å². The number of thioether (sulfide) groups is 1. The highest BCUT2D eigenvalue weighted by molar-refractivity contribution is 8.01. The Labute approximate surface area is 211 Å². The fourth-order valence-corrected chi connectivity index (χ4v) is 4.81. The van der Waals surface area contributed by atoms with Gasteiger partial charge in [-0.2, -0.15) is 5.10 Å². The summed E-state index contributed by atoms with van der Waals surface area (Å²) in [6, 6.07) is 23.2. The van der Waals surface area contributed by atoms with Crippen molar-refractivity contribution in [3.05, 3.63) is 99.9 Å². The van der Waals surface area contributed by atoms with E-state index in [1.54, 1.807) is 6.21 Å². The van der Waals surface area contributed by atoms with Gasteiger partial charge >= 0.3 is 0 Å². The van der Waals surface area contributed by atoms with E-state index in [-0.39, 0.29) is 11.7 Å². The van der Waals surface area contributed by atoms with Crippen LogP contribution in [0.5, 0.6) is 5.75 Å². The topological polar surface area (TPSA) is 63.6 Å². The van der Waals surface area contributed by atoms with E-state index in [9.17, 15) is 4.79 Å². The van der Waals surface area contributed by atoms with Crippen LogP contribution in [0.15, 0.2) is 87.6 Å². The lowest BCUT2D eigenvalue weighted by molar-refractivity contribution is -0.118. The van der Waals surface area contributed by atoms with E-state index < -0.39 is 0 Å². The van der Waals surface area contributed by atoms with Crippen molar-refractivity contribution >= 4 is 46.8 Å². The summed E-state index contributed by atoms with van der Waals surface area (Å²) in [5, 5.41) is 6.75. The van der Waals surface area contributed by atoms with Crippen LogP contribution in [-0.4, -0.2) is 22.9 Å². The number of aryl methyl sites for hydroxylation is 1. The first-order valence-electron chi connectivity index (χ1n) is 10.5. The van der Waals surface area contributed by atoms with Gasteiger partial charge < -0.3 is 4.74 Å². The van der Waals surface area contributed by atoms with Crippen LogP contribution in [0.1, 0.15) is 16.7 Å². The van der Waals surface area contributed by atoms with Gasteiger partial charge in [0.1, 0.15) is 12.4 Å². The maximum atomic E-state index is 12.2. The third-order valence-corrected chi connectivity index (χ3v) is 7.18. The number of carbonyl (C=O) groups is 1. The molecule has 0 fully saturated rings. The second-order valence-corrected chi connectivity index (χ2v) is 9.86. The van der Waals surface area contributed by atoms with Gasteiger partial charge in [0, 0.05) is 21.5 Å². The zero-order valence-electron chi connectivity index (χ0n) is 18.4. The molecule has 0 aliphatic heterocycles. The Kier molecular flexibility index (Phi) is 8.36. The van der Waals surface area contributed by atoms with Gasteiger partial charge in [-0.25, -0.2) is 10.4 Å². The lowest BCUT2D eigenvalue weighted by atomic mass is 10.1. The summed E-state index contributed by atoms with van der Waals surface area (Å²) in [6.07, 6.45) is 1.60. The monoisotopic (exact) mass is 507 g/mol. The number of hydrazone groups is 1. The molecule has 8 heteroatoms. The van der Waals surface area contributed by atoms with Crippen LogP contribution in [0.4, 0.5) is 0 Å². The van der Waals surface area contributed by atoms with Crippen molar-refractivity contribution in [3.8, 4) is 17.0 Å². The van der Waals surface area contributed by atoms with Gasteiger partial charge in [-0.3, -0.25) is 4.79 Å². The first-order chi connectivity index (χ1) is 16.6. The second-order valence-electron chi connectivity index (χ2n) is 7.34. The Balaban J connectivity index is 1.28. The maximum Gasteiger partial charge on any atom is 0.250 e. The van der Waals surface area contributed by atoms with E-state index in [1.165, 1.54) is 28.7 Å². The highest BCUT2D eigenvalue weighted by atomic mass is 35.5. The van der Waals surface area contributed by atoms with Crippen LogP contribution in [0, 0.1) is 6.92 Å². The predicted octanol–water partition coefficient (Wildman–Crippen LogP) is 6.59. The Morgan fingerprint density at radius 3 is 2.71 bits per heavy atom. The van der Waals surface area contributed by atoms with Crippen molar-refractivity contribution in [2.75, 3.05) is 5.75 Å². The highest BCUT2D eigenvalue weighted by Gasteiger charge is 2.08. The molecule has 0 saturated heterocycles. The SMILES string of the molecule is Cc1ccccc1COc1ccccc1/C=N/NC(=O)CSc1nc(-c2ccc(Cl)cc2)cs1. The molecule has 3 aromatic carbocycles. The number of amides is 1. The summed E-state index contributed by atoms with van der Waals surface area (Å²) in [7, 11) is 0. The number of para-hydroxylation sites is 1. The minimum Gasteiger partial charge on any atom is -0.488 e. The van der Waals surface area contributed by atoms with Crippen LogP contribution >= 0.6 is 34.7 Å². The van der Waals surface area contributed by atoms with Gasteiger partial charge in [0.2, 0.25) is 0 Å². The maximum absolute atomic E-state index is 12.2.